The third-order valence-corrected chi connectivity index (χ3v) is 9.08. The van der Waals surface area contributed by atoms with Gasteiger partial charge >= 0.3 is 0 Å². The summed E-state index contributed by atoms with van der Waals surface area (Å²) in [5.41, 5.74) is 4.73. The number of benzene rings is 4. The minimum atomic E-state index is -0.454. The monoisotopic (exact) mass is 604 g/mol. The lowest BCUT2D eigenvalue weighted by Crippen LogP contribution is -2.47. The Morgan fingerprint density at radius 1 is 0.822 bits per heavy atom. The first-order valence-corrected chi connectivity index (χ1v) is 15.0. The fourth-order valence-electron chi connectivity index (χ4n) is 6.70. The first-order valence-electron chi connectivity index (χ1n) is 15.0. The van der Waals surface area contributed by atoms with E-state index in [4.69, 9.17) is 33.4 Å². The first-order chi connectivity index (χ1) is 21.9. The van der Waals surface area contributed by atoms with E-state index in [-0.39, 0.29) is 6.79 Å². The lowest BCUT2D eigenvalue weighted by molar-refractivity contribution is -0.894. The van der Waals surface area contributed by atoms with Crippen LogP contribution in [0.5, 0.6) is 46.0 Å². The molecule has 5 heterocycles. The van der Waals surface area contributed by atoms with Gasteiger partial charge in [-0.05, 0) is 70.6 Å². The molecular formula is C36H32N2O7. The van der Waals surface area contributed by atoms with Gasteiger partial charge in [0.1, 0.15) is 11.8 Å². The Labute approximate surface area is 260 Å². The van der Waals surface area contributed by atoms with Crippen molar-refractivity contribution >= 4 is 10.8 Å². The van der Waals surface area contributed by atoms with Crippen LogP contribution in [0.2, 0.25) is 0 Å². The molecule has 0 spiro atoms. The molecule has 45 heavy (non-hydrogen) atoms. The Morgan fingerprint density at radius 3 is 2.44 bits per heavy atom. The number of hydrogen-bond donors (Lipinski definition) is 0. The van der Waals surface area contributed by atoms with Crippen molar-refractivity contribution in [2.75, 3.05) is 34.6 Å². The van der Waals surface area contributed by atoms with Gasteiger partial charge in [0, 0.05) is 30.8 Å². The Hall–Kier alpha value is -4.99. The quantitative estimate of drug-likeness (QED) is 0.154. The number of methoxy groups -OCH3 is 2. The maximum Gasteiger partial charge on any atom is 0.231 e. The van der Waals surface area contributed by atoms with Crippen molar-refractivity contribution in [1.29, 1.82) is 0 Å². The van der Waals surface area contributed by atoms with Crippen molar-refractivity contribution in [2.45, 2.75) is 25.3 Å². The van der Waals surface area contributed by atoms with Crippen LogP contribution in [-0.4, -0.2) is 44.2 Å². The van der Waals surface area contributed by atoms with Gasteiger partial charge in [-0.1, -0.05) is 18.2 Å². The molecule has 9 heteroatoms. The van der Waals surface area contributed by atoms with Crippen LogP contribution in [0.1, 0.15) is 34.0 Å². The highest BCUT2D eigenvalue weighted by Crippen LogP contribution is 2.54. The Morgan fingerprint density at radius 2 is 1.62 bits per heavy atom. The van der Waals surface area contributed by atoms with E-state index < -0.39 is 10.7 Å². The van der Waals surface area contributed by atoms with E-state index in [9.17, 15) is 5.21 Å². The van der Waals surface area contributed by atoms with Crippen LogP contribution >= 0.6 is 0 Å². The van der Waals surface area contributed by atoms with E-state index in [1.165, 1.54) is 0 Å². The van der Waals surface area contributed by atoms with Crippen molar-refractivity contribution < 1.29 is 33.1 Å². The van der Waals surface area contributed by atoms with Gasteiger partial charge in [-0.15, -0.1) is 0 Å². The number of quaternary nitrogens is 1. The van der Waals surface area contributed by atoms with Crippen LogP contribution in [-0.2, 0) is 19.3 Å². The molecule has 0 saturated carbocycles. The number of hydroxylamine groups is 3. The largest absolute Gasteiger partial charge is 0.633 e. The second kappa shape index (κ2) is 10.6. The van der Waals surface area contributed by atoms with Gasteiger partial charge in [0.05, 0.1) is 39.1 Å². The molecule has 0 amide bonds. The zero-order valence-electron chi connectivity index (χ0n) is 25.3. The highest BCUT2D eigenvalue weighted by molar-refractivity contribution is 5.88. The van der Waals surface area contributed by atoms with Crippen LogP contribution in [0.25, 0.3) is 10.8 Å². The maximum atomic E-state index is 14.2. The van der Waals surface area contributed by atoms with Gasteiger partial charge in [0.2, 0.25) is 12.5 Å². The summed E-state index contributed by atoms with van der Waals surface area (Å²) in [5, 5.41) is 16.1. The number of fused-ring (bicyclic) bond motifs is 3. The molecule has 9 nitrogen and oxygen atoms in total. The zero-order chi connectivity index (χ0) is 30.7. The van der Waals surface area contributed by atoms with E-state index in [1.807, 2.05) is 66.7 Å². The summed E-state index contributed by atoms with van der Waals surface area (Å²) < 4.78 is 36.0. The zero-order valence-corrected chi connectivity index (χ0v) is 25.3. The summed E-state index contributed by atoms with van der Waals surface area (Å²) in [5.74, 6) is 4.58. The molecule has 0 aliphatic carbocycles. The SMILES string of the molecule is COc1ccc2cc1Oc1ccc(cc1)C[C@H]1c3c(cc4c(c3Oc3cc5c(nccc5cc3OC)C2)OCO4)CC[N@@+]1(C)[O-]. The van der Waals surface area contributed by atoms with Gasteiger partial charge < -0.3 is 38.3 Å². The molecule has 0 N–H and O–H groups in total. The number of nitrogens with zero attached hydrogens (tertiary/aromatic N) is 2. The molecule has 0 unspecified atom stereocenters. The summed E-state index contributed by atoms with van der Waals surface area (Å²) in [6, 6.07) is 21.2. The van der Waals surface area contributed by atoms with Gasteiger partial charge in [-0.2, -0.15) is 0 Å². The Kier molecular flexibility index (Phi) is 6.47. The molecule has 6 bridgehead atoms. The minimum Gasteiger partial charge on any atom is -0.633 e. The van der Waals surface area contributed by atoms with Crippen LogP contribution in [0.15, 0.2) is 72.9 Å². The van der Waals surface area contributed by atoms with Crippen LogP contribution in [0, 0.1) is 5.21 Å². The van der Waals surface area contributed by atoms with Gasteiger partial charge in [0.15, 0.2) is 34.5 Å². The van der Waals surface area contributed by atoms with Crippen molar-refractivity contribution in [3.63, 3.8) is 0 Å². The predicted molar refractivity (Wildman–Crippen MR) is 168 cm³/mol. The van der Waals surface area contributed by atoms with E-state index in [2.05, 4.69) is 0 Å². The second-order valence-corrected chi connectivity index (χ2v) is 11.9. The van der Waals surface area contributed by atoms with Crippen molar-refractivity contribution in [3.05, 3.63) is 106 Å². The Bertz CT molecular complexity index is 1950. The average molecular weight is 605 g/mol. The predicted octanol–water partition coefficient (Wildman–Crippen LogP) is 7.25. The Balaban J connectivity index is 1.38. The molecule has 5 aromatic rings. The minimum absolute atomic E-state index is 0.0803. The van der Waals surface area contributed by atoms with Gasteiger partial charge in [-0.3, -0.25) is 4.98 Å². The molecule has 0 fully saturated rings. The number of likely N-dealkylation sites (N-methyl/N-ethyl adjacent to an activating group) is 1. The van der Waals surface area contributed by atoms with E-state index in [0.29, 0.717) is 71.8 Å². The van der Waals surface area contributed by atoms with Crippen molar-refractivity contribution in [2.24, 2.45) is 0 Å². The summed E-state index contributed by atoms with van der Waals surface area (Å²) in [6.45, 7) is 0.513. The number of aromatic nitrogens is 1. The lowest BCUT2D eigenvalue weighted by atomic mass is 9.87. The third-order valence-electron chi connectivity index (χ3n) is 9.08. The fourth-order valence-corrected chi connectivity index (χ4v) is 6.70. The third kappa shape index (κ3) is 4.75. The van der Waals surface area contributed by atoms with E-state index in [1.54, 1.807) is 27.5 Å². The number of pyridine rings is 1. The lowest BCUT2D eigenvalue weighted by Gasteiger charge is -2.49. The molecule has 9 rings (SSSR count). The van der Waals surface area contributed by atoms with Crippen molar-refractivity contribution in [3.8, 4) is 46.0 Å². The topological polar surface area (TPSA) is 91.3 Å². The average Bonchev–Trinajstić information content (AvgIpc) is 3.52. The fraction of sp³-hybridized carbons (Fsp3) is 0.250. The van der Waals surface area contributed by atoms with Crippen molar-refractivity contribution in [1.82, 2.24) is 4.98 Å². The normalized spacial score (nSPS) is 19.7. The van der Waals surface area contributed by atoms with Crippen LogP contribution in [0.3, 0.4) is 0 Å². The molecule has 4 aliphatic heterocycles. The highest BCUT2D eigenvalue weighted by atomic mass is 16.7. The molecule has 228 valence electrons. The summed E-state index contributed by atoms with van der Waals surface area (Å²) in [4.78, 5) is 4.77. The van der Waals surface area contributed by atoms with Gasteiger partial charge in [-0.25, -0.2) is 0 Å². The summed E-state index contributed by atoms with van der Waals surface area (Å²) >= 11 is 0. The molecule has 4 aromatic carbocycles. The molecule has 2 atom stereocenters. The van der Waals surface area contributed by atoms with E-state index >= 15 is 0 Å². The first kappa shape index (κ1) is 27.6. The highest BCUT2D eigenvalue weighted by Gasteiger charge is 2.40. The molecule has 0 radical (unpaired) electrons. The maximum absolute atomic E-state index is 14.2. The van der Waals surface area contributed by atoms with Crippen LogP contribution < -0.4 is 28.4 Å². The second-order valence-electron chi connectivity index (χ2n) is 11.9. The molecule has 0 saturated heterocycles. The number of hydrogen-bond acceptors (Lipinski definition) is 8. The summed E-state index contributed by atoms with van der Waals surface area (Å²) in [7, 11) is 4.99. The van der Waals surface area contributed by atoms with E-state index in [0.717, 1.165) is 38.7 Å². The molecule has 1 aromatic heterocycles. The molecule has 4 aliphatic rings. The molecular weight excluding hydrogens is 572 g/mol. The standard InChI is InChI=1S/C36H32N2O7/c1-38(39)13-11-24-18-33-35(43-20-42-33)36-34(24)28(38)15-21-4-7-25(8-5-21)44-31-16-22(6-9-29(31)40-2)14-27-26-19-32(45-36)30(41-3)17-23(26)10-12-37-27/h4-10,12,16-19,28H,11,13-15,20H2,1-3H3/t28-,38+/m0/s1. The number of ether oxygens (including phenoxy) is 6. The smallest absolute Gasteiger partial charge is 0.231 e. The van der Waals surface area contributed by atoms with Gasteiger partial charge in [0.25, 0.3) is 0 Å². The number of rotatable bonds is 2. The van der Waals surface area contributed by atoms with Crippen LogP contribution in [0.4, 0.5) is 0 Å². The summed E-state index contributed by atoms with van der Waals surface area (Å²) in [6.07, 6.45) is 3.43.